The number of nitrogens with two attached hydrogens (primary N) is 2. The average molecular weight is 308 g/mol. The highest BCUT2D eigenvalue weighted by atomic mass is 28.4. The molecule has 0 aliphatic carbocycles. The van der Waals surface area contributed by atoms with E-state index in [4.69, 9.17) is 24.7 Å². The van der Waals surface area contributed by atoms with E-state index in [2.05, 4.69) is 4.90 Å². The Labute approximate surface area is 125 Å². The molecule has 122 valence electrons. The Morgan fingerprint density at radius 2 is 1.30 bits per heavy atom. The molecule has 4 N–H and O–H groups in total. The Bertz CT molecular complexity index is 218. The van der Waals surface area contributed by atoms with Crippen molar-refractivity contribution in [3.63, 3.8) is 0 Å². The number of rotatable bonds is 12. The third kappa shape index (κ3) is 7.12. The van der Waals surface area contributed by atoms with Crippen LogP contribution in [0.3, 0.4) is 0 Å². The van der Waals surface area contributed by atoms with Crippen molar-refractivity contribution in [3.8, 4) is 0 Å². The van der Waals surface area contributed by atoms with Gasteiger partial charge in [-0.25, -0.2) is 0 Å². The third-order valence-corrected chi connectivity index (χ3v) is 6.19. The van der Waals surface area contributed by atoms with Crippen LogP contribution in [0.15, 0.2) is 0 Å². The lowest BCUT2D eigenvalue weighted by molar-refractivity contribution is 0.0684. The molecule has 0 rings (SSSR count). The summed E-state index contributed by atoms with van der Waals surface area (Å²) in [6, 6.07) is 0.790. The van der Waals surface area contributed by atoms with Gasteiger partial charge in [0.15, 0.2) is 0 Å². The van der Waals surface area contributed by atoms with Gasteiger partial charge in [-0.1, -0.05) is 0 Å². The SMILES string of the molecule is CCO[Si](CCCN(C(C)N)C(C)N)(OCC)OCC. The van der Waals surface area contributed by atoms with Crippen molar-refractivity contribution in [2.75, 3.05) is 26.4 Å². The maximum atomic E-state index is 5.93. The molecule has 0 aromatic heterocycles. The van der Waals surface area contributed by atoms with Crippen LogP contribution in [-0.4, -0.2) is 52.4 Å². The van der Waals surface area contributed by atoms with Gasteiger partial charge in [0.1, 0.15) is 0 Å². The van der Waals surface area contributed by atoms with E-state index in [0.29, 0.717) is 19.8 Å². The van der Waals surface area contributed by atoms with E-state index in [9.17, 15) is 0 Å². The summed E-state index contributed by atoms with van der Waals surface area (Å²) in [5.41, 5.74) is 11.9. The zero-order chi connectivity index (χ0) is 15.6. The van der Waals surface area contributed by atoms with E-state index in [0.717, 1.165) is 19.0 Å². The van der Waals surface area contributed by atoms with Crippen LogP contribution in [0.5, 0.6) is 0 Å². The predicted octanol–water partition coefficient (Wildman–Crippen LogP) is 1.34. The van der Waals surface area contributed by atoms with Gasteiger partial charge in [0.2, 0.25) is 0 Å². The highest BCUT2D eigenvalue weighted by Gasteiger charge is 2.39. The lowest BCUT2D eigenvalue weighted by atomic mass is 10.3. The molecule has 2 atom stereocenters. The normalized spacial score (nSPS) is 15.6. The summed E-state index contributed by atoms with van der Waals surface area (Å²) in [7, 11) is -2.54. The van der Waals surface area contributed by atoms with Crippen molar-refractivity contribution in [2.24, 2.45) is 11.5 Å². The smallest absolute Gasteiger partial charge is 0.374 e. The van der Waals surface area contributed by atoms with Gasteiger partial charge >= 0.3 is 8.80 Å². The Morgan fingerprint density at radius 3 is 1.60 bits per heavy atom. The van der Waals surface area contributed by atoms with Crippen LogP contribution in [-0.2, 0) is 13.3 Å². The Morgan fingerprint density at radius 1 is 0.900 bits per heavy atom. The molecule has 0 spiro atoms. The molecule has 0 aromatic rings. The van der Waals surface area contributed by atoms with Gasteiger partial charge in [-0.15, -0.1) is 0 Å². The average Bonchev–Trinajstić information content (AvgIpc) is 2.34. The first-order chi connectivity index (χ1) is 9.42. The van der Waals surface area contributed by atoms with Crippen molar-refractivity contribution in [3.05, 3.63) is 0 Å². The zero-order valence-corrected chi connectivity index (χ0v) is 14.7. The van der Waals surface area contributed by atoms with Gasteiger partial charge in [0.05, 0.1) is 12.3 Å². The Balaban J connectivity index is 4.50. The van der Waals surface area contributed by atoms with Gasteiger partial charge in [-0.05, 0) is 41.0 Å². The highest BCUT2D eigenvalue weighted by molar-refractivity contribution is 6.60. The largest absolute Gasteiger partial charge is 0.500 e. The van der Waals surface area contributed by atoms with Crippen molar-refractivity contribution in [1.82, 2.24) is 4.90 Å². The topological polar surface area (TPSA) is 83.0 Å². The van der Waals surface area contributed by atoms with E-state index in [1.165, 1.54) is 0 Å². The van der Waals surface area contributed by atoms with E-state index >= 15 is 0 Å². The van der Waals surface area contributed by atoms with Crippen LogP contribution in [0.4, 0.5) is 0 Å². The van der Waals surface area contributed by atoms with Crippen molar-refractivity contribution < 1.29 is 13.3 Å². The fourth-order valence-electron chi connectivity index (χ4n) is 2.26. The molecule has 0 aliphatic rings. The maximum absolute atomic E-state index is 5.93. The van der Waals surface area contributed by atoms with Gasteiger partial charge in [0.25, 0.3) is 0 Å². The minimum Gasteiger partial charge on any atom is -0.374 e. The summed E-state index contributed by atoms with van der Waals surface area (Å²) in [4.78, 5) is 2.06. The van der Waals surface area contributed by atoms with Crippen molar-refractivity contribution in [1.29, 1.82) is 0 Å². The molecular formula is C13H33N3O3Si. The molecule has 2 unspecified atom stereocenters. The van der Waals surface area contributed by atoms with Crippen LogP contribution >= 0.6 is 0 Å². The predicted molar refractivity (Wildman–Crippen MR) is 84.1 cm³/mol. The number of hydrogen-bond donors (Lipinski definition) is 2. The molecule has 0 amide bonds. The van der Waals surface area contributed by atoms with Crippen LogP contribution in [0.2, 0.25) is 6.04 Å². The summed E-state index contributed by atoms with van der Waals surface area (Å²) in [6.07, 6.45) is 0.782. The molecule has 6 nitrogen and oxygen atoms in total. The van der Waals surface area contributed by atoms with Crippen LogP contribution < -0.4 is 11.5 Å². The maximum Gasteiger partial charge on any atom is 0.500 e. The summed E-state index contributed by atoms with van der Waals surface area (Å²) in [5.74, 6) is 0. The molecule has 0 bridgehead atoms. The lowest BCUT2D eigenvalue weighted by Gasteiger charge is -2.32. The summed E-state index contributed by atoms with van der Waals surface area (Å²) < 4.78 is 17.5. The molecule has 0 fully saturated rings. The molecule has 0 aliphatic heterocycles. The summed E-state index contributed by atoms with van der Waals surface area (Å²) in [6.45, 7) is 12.4. The van der Waals surface area contributed by atoms with E-state index in [1.54, 1.807) is 0 Å². The Kier molecular flexibility index (Phi) is 10.7. The van der Waals surface area contributed by atoms with Crippen molar-refractivity contribution in [2.45, 2.75) is 59.4 Å². The Hall–Kier alpha value is -0.0231. The van der Waals surface area contributed by atoms with Gasteiger partial charge < -0.3 is 24.7 Å². The van der Waals surface area contributed by atoms with Gasteiger partial charge in [-0.2, -0.15) is 0 Å². The van der Waals surface area contributed by atoms with Crippen LogP contribution in [0.25, 0.3) is 0 Å². The molecular weight excluding hydrogens is 274 g/mol. The molecule has 0 saturated carbocycles. The summed E-state index contributed by atoms with van der Waals surface area (Å²) in [5, 5.41) is 0. The first kappa shape index (κ1) is 20.0. The minimum atomic E-state index is -2.54. The second kappa shape index (κ2) is 10.7. The van der Waals surface area contributed by atoms with Gasteiger partial charge in [-0.3, -0.25) is 4.90 Å². The van der Waals surface area contributed by atoms with E-state index in [1.807, 2.05) is 34.6 Å². The van der Waals surface area contributed by atoms with Gasteiger partial charge in [0, 0.05) is 32.4 Å². The standard InChI is InChI=1S/C13H33N3O3Si/c1-6-17-20(18-7-2,19-8-3)11-9-10-16(12(4)14)13(5)15/h12-13H,6-11,14-15H2,1-5H3. The third-order valence-electron chi connectivity index (χ3n) is 3.04. The monoisotopic (exact) mass is 307 g/mol. The fourth-order valence-corrected chi connectivity index (χ4v) is 4.85. The second-order valence-electron chi connectivity index (χ2n) is 4.80. The van der Waals surface area contributed by atoms with Crippen LogP contribution in [0, 0.1) is 0 Å². The molecule has 0 aromatic carbocycles. The molecule has 0 heterocycles. The van der Waals surface area contributed by atoms with E-state index < -0.39 is 8.80 Å². The molecule has 0 saturated heterocycles. The number of nitrogens with zero attached hydrogens (tertiary/aromatic N) is 1. The fraction of sp³-hybridized carbons (Fsp3) is 1.00. The second-order valence-corrected chi connectivity index (χ2v) is 7.54. The minimum absolute atomic E-state index is 0.0580. The first-order valence-electron chi connectivity index (χ1n) is 7.61. The molecule has 20 heavy (non-hydrogen) atoms. The van der Waals surface area contributed by atoms with Crippen molar-refractivity contribution >= 4 is 8.80 Å². The molecule has 7 heteroatoms. The first-order valence-corrected chi connectivity index (χ1v) is 9.54. The zero-order valence-electron chi connectivity index (χ0n) is 13.7. The number of hydrogen-bond acceptors (Lipinski definition) is 6. The lowest BCUT2D eigenvalue weighted by Crippen LogP contribution is -2.51. The molecule has 0 radical (unpaired) electrons. The summed E-state index contributed by atoms with van der Waals surface area (Å²) >= 11 is 0. The highest BCUT2D eigenvalue weighted by Crippen LogP contribution is 2.19. The van der Waals surface area contributed by atoms with Crippen LogP contribution in [0.1, 0.15) is 41.0 Å². The van der Waals surface area contributed by atoms with E-state index in [-0.39, 0.29) is 12.3 Å². The quantitative estimate of drug-likeness (QED) is 0.418.